The molecular formula is C22H20N2O4. The van der Waals surface area contributed by atoms with Crippen LogP contribution < -0.4 is 0 Å². The van der Waals surface area contributed by atoms with E-state index in [2.05, 4.69) is 0 Å². The molecule has 2 amide bonds. The first-order chi connectivity index (χ1) is 13.5. The Morgan fingerprint density at radius 2 is 1.82 bits per heavy atom. The molecule has 1 aliphatic rings. The van der Waals surface area contributed by atoms with E-state index in [9.17, 15) is 14.4 Å². The number of imide groups is 1. The number of piperidine rings is 1. The number of amides is 2. The molecule has 28 heavy (non-hydrogen) atoms. The lowest BCUT2D eigenvalue weighted by molar-refractivity contribution is -0.163. The number of esters is 1. The lowest BCUT2D eigenvalue weighted by atomic mass is 9.79. The van der Waals surface area contributed by atoms with Crippen molar-refractivity contribution in [3.05, 3.63) is 71.3 Å². The van der Waals surface area contributed by atoms with Crippen LogP contribution in [0.15, 0.2) is 54.6 Å². The van der Waals surface area contributed by atoms with E-state index in [1.807, 2.05) is 36.4 Å². The minimum absolute atomic E-state index is 0.0218. The van der Waals surface area contributed by atoms with Gasteiger partial charge >= 0.3 is 5.97 Å². The Kier molecular flexibility index (Phi) is 5.85. The average Bonchev–Trinajstić information content (AvgIpc) is 2.71. The minimum atomic E-state index is -1.09. The Morgan fingerprint density at radius 1 is 1.14 bits per heavy atom. The topological polar surface area (TPSA) is 87.5 Å². The van der Waals surface area contributed by atoms with Crippen LogP contribution in [0, 0.1) is 17.2 Å². The molecule has 0 bridgehead atoms. The molecule has 0 spiro atoms. The molecule has 3 rings (SSSR count). The van der Waals surface area contributed by atoms with Crippen LogP contribution in [0.2, 0.25) is 0 Å². The van der Waals surface area contributed by atoms with Gasteiger partial charge in [-0.05, 0) is 30.2 Å². The Balaban J connectivity index is 1.93. The molecule has 142 valence electrons. The molecule has 6 heteroatoms. The average molecular weight is 376 g/mol. The van der Waals surface area contributed by atoms with Crippen molar-refractivity contribution in [3.63, 3.8) is 0 Å². The molecular weight excluding hydrogens is 356 g/mol. The highest BCUT2D eigenvalue weighted by molar-refractivity contribution is 6.08. The van der Waals surface area contributed by atoms with Crippen LogP contribution in [0.1, 0.15) is 36.0 Å². The first-order valence-corrected chi connectivity index (χ1v) is 9.10. The summed E-state index contributed by atoms with van der Waals surface area (Å²) in [4.78, 5) is 39.6. The number of hydrogen-bond donors (Lipinski definition) is 0. The van der Waals surface area contributed by atoms with Gasteiger partial charge in [0.1, 0.15) is 5.92 Å². The van der Waals surface area contributed by atoms with Crippen molar-refractivity contribution in [1.29, 1.82) is 5.26 Å². The number of hydrogen-bond acceptors (Lipinski definition) is 5. The molecule has 1 saturated heterocycles. The summed E-state index contributed by atoms with van der Waals surface area (Å²) in [5.74, 6) is -3.21. The first kappa shape index (κ1) is 19.3. The first-order valence-electron chi connectivity index (χ1n) is 9.10. The van der Waals surface area contributed by atoms with Gasteiger partial charge in [-0.15, -0.1) is 0 Å². The van der Waals surface area contributed by atoms with Gasteiger partial charge in [0, 0.05) is 12.3 Å². The maximum Gasteiger partial charge on any atom is 0.319 e. The lowest BCUT2D eigenvalue weighted by Crippen LogP contribution is -2.50. The van der Waals surface area contributed by atoms with E-state index in [-0.39, 0.29) is 25.5 Å². The van der Waals surface area contributed by atoms with Crippen molar-refractivity contribution in [2.45, 2.75) is 25.8 Å². The fourth-order valence-corrected chi connectivity index (χ4v) is 3.42. The number of ether oxygens (including phenoxy) is 1. The van der Waals surface area contributed by atoms with Crippen molar-refractivity contribution >= 4 is 17.8 Å². The smallest absolute Gasteiger partial charge is 0.319 e. The van der Waals surface area contributed by atoms with Crippen LogP contribution in [0.4, 0.5) is 0 Å². The second-order valence-electron chi connectivity index (χ2n) is 6.58. The number of likely N-dealkylation sites (tertiary alicyclic amines) is 1. The molecule has 1 heterocycles. The number of benzene rings is 2. The van der Waals surface area contributed by atoms with Crippen molar-refractivity contribution in [2.75, 3.05) is 6.61 Å². The van der Waals surface area contributed by atoms with Gasteiger partial charge in [-0.2, -0.15) is 5.26 Å². The van der Waals surface area contributed by atoms with Crippen molar-refractivity contribution in [3.8, 4) is 6.07 Å². The Morgan fingerprint density at radius 3 is 2.43 bits per heavy atom. The fraction of sp³-hybridized carbons (Fsp3) is 0.273. The summed E-state index contributed by atoms with van der Waals surface area (Å²) in [6.45, 7) is 1.94. The molecule has 2 aromatic rings. The molecule has 0 saturated carbocycles. The molecule has 0 aromatic heterocycles. The summed E-state index contributed by atoms with van der Waals surface area (Å²) in [6, 6.07) is 17.8. The third kappa shape index (κ3) is 3.94. The van der Waals surface area contributed by atoms with Gasteiger partial charge in [0.05, 0.1) is 24.8 Å². The number of carbonyl (C=O) groups is 3. The number of nitrogens with zero attached hydrogens (tertiary/aromatic N) is 2. The van der Waals surface area contributed by atoms with Crippen LogP contribution >= 0.6 is 0 Å². The van der Waals surface area contributed by atoms with E-state index in [4.69, 9.17) is 10.00 Å². The summed E-state index contributed by atoms with van der Waals surface area (Å²) in [6.07, 6.45) is 0.0218. The molecule has 2 atom stereocenters. The largest absolute Gasteiger partial charge is 0.465 e. The van der Waals surface area contributed by atoms with Crippen molar-refractivity contribution in [2.24, 2.45) is 5.92 Å². The van der Waals surface area contributed by atoms with Crippen molar-refractivity contribution < 1.29 is 19.1 Å². The lowest BCUT2D eigenvalue weighted by Gasteiger charge is -2.35. The third-order valence-electron chi connectivity index (χ3n) is 4.82. The molecule has 1 aliphatic heterocycles. The fourth-order valence-electron chi connectivity index (χ4n) is 3.42. The van der Waals surface area contributed by atoms with Gasteiger partial charge in [-0.25, -0.2) is 0 Å². The van der Waals surface area contributed by atoms with Gasteiger partial charge in [0.15, 0.2) is 0 Å². The summed E-state index contributed by atoms with van der Waals surface area (Å²) in [5.41, 5.74) is 1.94. The zero-order valence-electron chi connectivity index (χ0n) is 15.5. The van der Waals surface area contributed by atoms with Crippen molar-refractivity contribution in [1.82, 2.24) is 4.90 Å². The van der Waals surface area contributed by atoms with Crippen LogP contribution in [0.25, 0.3) is 0 Å². The highest BCUT2D eigenvalue weighted by Crippen LogP contribution is 2.36. The van der Waals surface area contributed by atoms with E-state index in [0.717, 1.165) is 10.5 Å². The molecule has 0 N–H and O–H groups in total. The summed E-state index contributed by atoms with van der Waals surface area (Å²) >= 11 is 0. The van der Waals surface area contributed by atoms with E-state index in [1.54, 1.807) is 31.2 Å². The predicted octanol–water partition coefficient (Wildman–Crippen LogP) is 2.78. The monoisotopic (exact) mass is 376 g/mol. The Hall–Kier alpha value is -3.46. The number of carbonyl (C=O) groups excluding carboxylic acids is 3. The quantitative estimate of drug-likeness (QED) is 0.455. The zero-order valence-corrected chi connectivity index (χ0v) is 15.5. The Labute approximate surface area is 163 Å². The second kappa shape index (κ2) is 8.49. The SMILES string of the molecule is CCOC(=O)[C@@H]1C(=O)N(Cc2ccccc2)C(=O)C[C@H]1c1ccc(C#N)cc1. The highest BCUT2D eigenvalue weighted by atomic mass is 16.5. The maximum atomic E-state index is 13.1. The van der Waals surface area contributed by atoms with E-state index in [0.29, 0.717) is 11.1 Å². The van der Waals surface area contributed by atoms with Crippen LogP contribution in [0.5, 0.6) is 0 Å². The maximum absolute atomic E-state index is 13.1. The molecule has 0 radical (unpaired) electrons. The standard InChI is InChI=1S/C22H20N2O4/c1-2-28-22(27)20-18(17-10-8-15(13-23)9-11-17)12-19(25)24(21(20)26)14-16-6-4-3-5-7-16/h3-11,18,20H,2,12,14H2,1H3/t18-,20-/m0/s1. The molecule has 0 unspecified atom stereocenters. The van der Waals surface area contributed by atoms with E-state index in [1.165, 1.54) is 0 Å². The normalized spacial score (nSPS) is 19.2. The number of nitriles is 1. The Bertz CT molecular complexity index is 916. The van der Waals surface area contributed by atoms with E-state index >= 15 is 0 Å². The van der Waals surface area contributed by atoms with Gasteiger partial charge in [0.25, 0.3) is 0 Å². The van der Waals surface area contributed by atoms with Gasteiger partial charge in [-0.3, -0.25) is 19.3 Å². The number of rotatable bonds is 5. The summed E-state index contributed by atoms with van der Waals surface area (Å²) in [7, 11) is 0. The van der Waals surface area contributed by atoms with Gasteiger partial charge < -0.3 is 4.74 Å². The highest BCUT2D eigenvalue weighted by Gasteiger charge is 2.46. The van der Waals surface area contributed by atoms with Crippen LogP contribution in [-0.4, -0.2) is 29.3 Å². The molecule has 2 aromatic carbocycles. The predicted molar refractivity (Wildman–Crippen MR) is 101 cm³/mol. The van der Waals surface area contributed by atoms with E-state index < -0.39 is 23.7 Å². The molecule has 0 aliphatic carbocycles. The molecule has 1 fully saturated rings. The van der Waals surface area contributed by atoms with Crippen LogP contribution in [-0.2, 0) is 25.7 Å². The molecule has 6 nitrogen and oxygen atoms in total. The van der Waals surface area contributed by atoms with Gasteiger partial charge in [-0.1, -0.05) is 42.5 Å². The summed E-state index contributed by atoms with van der Waals surface area (Å²) < 4.78 is 5.13. The summed E-state index contributed by atoms with van der Waals surface area (Å²) in [5, 5.41) is 8.97. The zero-order chi connectivity index (χ0) is 20.1. The minimum Gasteiger partial charge on any atom is -0.465 e. The third-order valence-corrected chi connectivity index (χ3v) is 4.82. The van der Waals surface area contributed by atoms with Gasteiger partial charge in [0.2, 0.25) is 11.8 Å². The van der Waals surface area contributed by atoms with Crippen LogP contribution in [0.3, 0.4) is 0 Å². The second-order valence-corrected chi connectivity index (χ2v) is 6.58.